The van der Waals surface area contributed by atoms with Gasteiger partial charge in [0, 0.05) is 62.3 Å². The van der Waals surface area contributed by atoms with E-state index in [0.29, 0.717) is 50.0 Å². The van der Waals surface area contributed by atoms with Crippen molar-refractivity contribution < 1.29 is 14.1 Å². The molecule has 1 aromatic heterocycles. The first-order chi connectivity index (χ1) is 18.3. The van der Waals surface area contributed by atoms with Crippen LogP contribution in [0, 0.1) is 0 Å². The molecule has 2 N–H and O–H groups in total. The maximum absolute atomic E-state index is 13.1. The normalized spacial score (nSPS) is 16.5. The van der Waals surface area contributed by atoms with Gasteiger partial charge >= 0.3 is 5.69 Å². The molecule has 0 radical (unpaired) electrons. The zero-order valence-corrected chi connectivity index (χ0v) is 25.2. The molecule has 1 aromatic carbocycles. The van der Waals surface area contributed by atoms with E-state index in [9.17, 15) is 18.9 Å². The summed E-state index contributed by atoms with van der Waals surface area (Å²) in [6.45, 7) is 16.4. The van der Waals surface area contributed by atoms with Crippen LogP contribution in [0.4, 0.5) is 11.5 Å². The topological polar surface area (TPSA) is 109 Å². The maximum atomic E-state index is 13.1. The van der Waals surface area contributed by atoms with E-state index in [1.165, 1.54) is 4.57 Å². The molecule has 2 heterocycles. The summed E-state index contributed by atoms with van der Waals surface area (Å²) < 4.78 is 24.0. The Bertz CT molecular complexity index is 1230. The molecule has 0 saturated carbocycles. The molecule has 2 atom stereocenters. The van der Waals surface area contributed by atoms with Gasteiger partial charge < -0.3 is 19.5 Å². The monoisotopic (exact) mass is 563 g/mol. The van der Waals surface area contributed by atoms with Crippen LogP contribution < -0.4 is 25.6 Å². The summed E-state index contributed by atoms with van der Waals surface area (Å²) in [5, 5.41) is 11.1. The van der Waals surface area contributed by atoms with Crippen molar-refractivity contribution in [2.24, 2.45) is 0 Å². The first kappa shape index (κ1) is 30.9. The molecule has 0 aliphatic carbocycles. The number of rotatable bonds is 12. The third-order valence-corrected chi connectivity index (χ3v) is 8.21. The van der Waals surface area contributed by atoms with Gasteiger partial charge in [-0.15, -0.1) is 0 Å². The fourth-order valence-electron chi connectivity index (χ4n) is 4.72. The van der Waals surface area contributed by atoms with Gasteiger partial charge in [-0.3, -0.25) is 18.8 Å². The van der Waals surface area contributed by atoms with E-state index < -0.39 is 22.7 Å². The lowest BCUT2D eigenvalue weighted by Crippen LogP contribution is -2.54. The number of aliphatic hydroxyl groups is 1. The van der Waals surface area contributed by atoms with Gasteiger partial charge in [0.05, 0.1) is 0 Å². The summed E-state index contributed by atoms with van der Waals surface area (Å²) in [6, 6.07) is 8.53. The van der Waals surface area contributed by atoms with Crippen LogP contribution in [0.5, 0.6) is 5.75 Å². The first-order valence-corrected chi connectivity index (χ1v) is 15.1. The van der Waals surface area contributed by atoms with Gasteiger partial charge in [0.2, 0.25) is 0 Å². The fraction of sp³-hybridized carbons (Fsp3) is 0.643. The van der Waals surface area contributed by atoms with Crippen LogP contribution in [0.1, 0.15) is 67.0 Å². The number of hydrogen-bond acceptors (Lipinski definition) is 7. The highest BCUT2D eigenvalue weighted by Crippen LogP contribution is 2.25. The van der Waals surface area contributed by atoms with Crippen LogP contribution in [0.2, 0.25) is 0 Å². The van der Waals surface area contributed by atoms with Crippen molar-refractivity contribution in [2.75, 3.05) is 48.1 Å². The highest BCUT2D eigenvalue weighted by Gasteiger charge is 2.33. The molecule has 39 heavy (non-hydrogen) atoms. The summed E-state index contributed by atoms with van der Waals surface area (Å²) in [6.07, 6.45) is 0.0924. The Hall–Kier alpha value is -2.63. The lowest BCUT2D eigenvalue weighted by atomic mass is 10.0. The van der Waals surface area contributed by atoms with Crippen molar-refractivity contribution in [1.82, 2.24) is 14.0 Å². The molecule has 1 saturated heterocycles. The van der Waals surface area contributed by atoms with Crippen molar-refractivity contribution in [1.29, 1.82) is 0 Å². The molecular formula is C28H45N5O5S. The molecule has 1 aliphatic heterocycles. The van der Waals surface area contributed by atoms with Crippen LogP contribution in [-0.2, 0) is 11.0 Å². The molecule has 0 bridgehead atoms. The van der Waals surface area contributed by atoms with Crippen molar-refractivity contribution in [2.45, 2.75) is 78.7 Å². The lowest BCUT2D eigenvalue weighted by Gasteiger charge is -2.40. The molecule has 10 nitrogen and oxygen atoms in total. The Morgan fingerprint density at radius 2 is 1.59 bits per heavy atom. The van der Waals surface area contributed by atoms with Gasteiger partial charge in [0.25, 0.3) is 5.56 Å². The summed E-state index contributed by atoms with van der Waals surface area (Å²) >= 11 is 0. The SMILES string of the molecule is CCCS(=O)Nc1ccc(OC(C)(C)C(O)CN2CCN(c3cc(=O)n(C(C)C)c(=O)n3C(C)C)CC2)cc1. The number of piperazine rings is 1. The molecule has 3 rings (SSSR count). The van der Waals surface area contributed by atoms with Crippen LogP contribution in [0.3, 0.4) is 0 Å². The van der Waals surface area contributed by atoms with E-state index in [1.54, 1.807) is 22.8 Å². The Balaban J connectivity index is 1.61. The van der Waals surface area contributed by atoms with Gasteiger partial charge in [-0.25, -0.2) is 9.00 Å². The number of β-amino-alcohol motifs (C(OH)–C–C–N with tert-alkyl or cyclic N) is 1. The number of aromatic nitrogens is 2. The standard InChI is InChI=1S/C28H45N5O5S/c1-8-17-39(37)29-22-9-11-23(12-10-22)38-28(6,7)24(34)19-30-13-15-31(16-14-30)25-18-26(35)33(21(4)5)27(36)32(25)20(2)3/h9-12,18,20-21,24,29,34H,8,13-17,19H2,1-7H3. The van der Waals surface area contributed by atoms with Gasteiger partial charge in [-0.1, -0.05) is 6.92 Å². The van der Waals surface area contributed by atoms with E-state index in [0.717, 1.165) is 12.1 Å². The summed E-state index contributed by atoms with van der Waals surface area (Å²) in [7, 11) is -1.11. The number of ether oxygens (including phenoxy) is 1. The Kier molecular flexibility index (Phi) is 10.4. The molecule has 1 fully saturated rings. The average molecular weight is 564 g/mol. The van der Waals surface area contributed by atoms with Crippen molar-refractivity contribution in [3.8, 4) is 5.75 Å². The minimum atomic E-state index is -1.11. The number of anilines is 2. The summed E-state index contributed by atoms with van der Waals surface area (Å²) in [5.74, 6) is 1.86. The second-order valence-electron chi connectivity index (χ2n) is 11.2. The molecule has 0 spiro atoms. The van der Waals surface area contributed by atoms with Crippen LogP contribution in [0.15, 0.2) is 39.9 Å². The van der Waals surface area contributed by atoms with Gasteiger partial charge in [0.15, 0.2) is 0 Å². The van der Waals surface area contributed by atoms with E-state index in [2.05, 4.69) is 14.5 Å². The smallest absolute Gasteiger partial charge is 0.333 e. The average Bonchev–Trinajstić information content (AvgIpc) is 2.84. The van der Waals surface area contributed by atoms with Gasteiger partial charge in [0.1, 0.15) is 34.3 Å². The summed E-state index contributed by atoms with van der Waals surface area (Å²) in [4.78, 5) is 30.1. The van der Waals surface area contributed by atoms with E-state index in [4.69, 9.17) is 4.74 Å². The molecule has 11 heteroatoms. The van der Waals surface area contributed by atoms with Crippen LogP contribution in [0.25, 0.3) is 0 Å². The van der Waals surface area contributed by atoms with Crippen molar-refractivity contribution in [3.63, 3.8) is 0 Å². The van der Waals surface area contributed by atoms with Crippen LogP contribution >= 0.6 is 0 Å². The molecular weight excluding hydrogens is 518 g/mol. The highest BCUT2D eigenvalue weighted by molar-refractivity contribution is 7.86. The first-order valence-electron chi connectivity index (χ1n) is 13.8. The van der Waals surface area contributed by atoms with E-state index >= 15 is 0 Å². The molecule has 2 unspecified atom stereocenters. The highest BCUT2D eigenvalue weighted by atomic mass is 32.2. The van der Waals surface area contributed by atoms with Crippen molar-refractivity contribution in [3.05, 3.63) is 51.2 Å². The number of aliphatic hydroxyl groups excluding tert-OH is 1. The Morgan fingerprint density at radius 3 is 2.13 bits per heavy atom. The Morgan fingerprint density at radius 1 is 1.00 bits per heavy atom. The number of benzene rings is 1. The van der Waals surface area contributed by atoms with Crippen LogP contribution in [-0.4, -0.2) is 73.5 Å². The summed E-state index contributed by atoms with van der Waals surface area (Å²) in [5.41, 5.74) is -0.639. The van der Waals surface area contributed by atoms with E-state index in [1.807, 2.05) is 60.6 Å². The largest absolute Gasteiger partial charge is 0.485 e. The molecule has 0 amide bonds. The minimum absolute atomic E-state index is 0.0840. The second-order valence-corrected chi connectivity index (χ2v) is 12.5. The predicted octanol–water partition coefficient (Wildman–Crippen LogP) is 3.00. The number of hydrogen-bond donors (Lipinski definition) is 2. The zero-order chi connectivity index (χ0) is 28.9. The van der Waals surface area contributed by atoms with Gasteiger partial charge in [-0.2, -0.15) is 0 Å². The predicted molar refractivity (Wildman–Crippen MR) is 158 cm³/mol. The number of nitrogens with one attached hydrogen (secondary N) is 1. The third-order valence-electron chi connectivity index (χ3n) is 6.97. The molecule has 2 aromatic rings. The van der Waals surface area contributed by atoms with Crippen molar-refractivity contribution >= 4 is 22.5 Å². The second kappa shape index (κ2) is 13.1. The minimum Gasteiger partial charge on any atom is -0.485 e. The Labute approximate surface area is 234 Å². The molecule has 218 valence electrons. The fourth-order valence-corrected chi connectivity index (χ4v) is 5.59. The number of nitrogens with zero attached hydrogens (tertiary/aromatic N) is 4. The lowest BCUT2D eigenvalue weighted by molar-refractivity contribution is -0.0449. The maximum Gasteiger partial charge on any atom is 0.333 e. The zero-order valence-electron chi connectivity index (χ0n) is 24.3. The van der Waals surface area contributed by atoms with E-state index in [-0.39, 0.29) is 23.3 Å². The van der Waals surface area contributed by atoms with Gasteiger partial charge in [-0.05, 0) is 72.2 Å². The molecule has 1 aliphatic rings. The quantitative estimate of drug-likeness (QED) is 0.409. The third kappa shape index (κ3) is 7.73.